The van der Waals surface area contributed by atoms with E-state index in [4.69, 9.17) is 16.3 Å². The number of rotatable bonds is 4. The fourth-order valence-corrected chi connectivity index (χ4v) is 2.74. The molecule has 1 saturated heterocycles. The predicted octanol–water partition coefficient (Wildman–Crippen LogP) is 2.19. The maximum Gasteiger partial charge on any atom is 0.0848 e. The minimum Gasteiger partial charge on any atom is -0.392 e. The van der Waals surface area contributed by atoms with E-state index in [2.05, 4.69) is 5.10 Å². The molecule has 1 fully saturated rings. The standard InChI is InChI=1S/C13H21ClN2O2/c1-3-16-11(13(14)9(2)15-16)8-12(17)10-4-6-18-7-5-10/h10,12,17H,3-8H2,1-2H3. The lowest BCUT2D eigenvalue weighted by Gasteiger charge is -2.26. The lowest BCUT2D eigenvalue weighted by molar-refractivity contribution is 0.00771. The monoisotopic (exact) mass is 272 g/mol. The van der Waals surface area contributed by atoms with Crippen LogP contribution in [0.25, 0.3) is 0 Å². The van der Waals surface area contributed by atoms with Crippen LogP contribution in [0, 0.1) is 12.8 Å². The van der Waals surface area contributed by atoms with Crippen molar-refractivity contribution in [3.05, 3.63) is 16.4 Å². The van der Waals surface area contributed by atoms with Gasteiger partial charge >= 0.3 is 0 Å². The number of aliphatic hydroxyl groups is 1. The lowest BCUT2D eigenvalue weighted by atomic mass is 9.91. The van der Waals surface area contributed by atoms with Crippen LogP contribution < -0.4 is 0 Å². The topological polar surface area (TPSA) is 47.3 Å². The van der Waals surface area contributed by atoms with Gasteiger partial charge in [-0.1, -0.05) is 11.6 Å². The summed E-state index contributed by atoms with van der Waals surface area (Å²) in [4.78, 5) is 0. The molecule has 1 unspecified atom stereocenters. The average Bonchev–Trinajstić information content (AvgIpc) is 2.67. The Labute approximate surface area is 113 Å². The van der Waals surface area contributed by atoms with Crippen LogP contribution in [0.4, 0.5) is 0 Å². The fraction of sp³-hybridized carbons (Fsp3) is 0.769. The van der Waals surface area contributed by atoms with Crippen LogP contribution in [-0.4, -0.2) is 34.2 Å². The Morgan fingerprint density at radius 3 is 2.78 bits per heavy atom. The highest BCUT2D eigenvalue weighted by Gasteiger charge is 2.25. The normalized spacial score (nSPS) is 19.1. The average molecular weight is 273 g/mol. The van der Waals surface area contributed by atoms with E-state index in [1.165, 1.54) is 0 Å². The van der Waals surface area contributed by atoms with E-state index in [1.807, 2.05) is 18.5 Å². The molecule has 0 saturated carbocycles. The molecule has 2 heterocycles. The van der Waals surface area contributed by atoms with Gasteiger partial charge in [0.05, 0.1) is 22.5 Å². The molecule has 1 atom stereocenters. The molecule has 0 amide bonds. The first-order valence-corrected chi connectivity index (χ1v) is 6.98. The van der Waals surface area contributed by atoms with E-state index in [9.17, 15) is 5.11 Å². The van der Waals surface area contributed by atoms with E-state index in [0.29, 0.717) is 17.4 Å². The summed E-state index contributed by atoms with van der Waals surface area (Å²) in [7, 11) is 0. The van der Waals surface area contributed by atoms with Crippen LogP contribution in [0.5, 0.6) is 0 Å². The van der Waals surface area contributed by atoms with Crippen molar-refractivity contribution in [2.45, 2.75) is 45.8 Å². The number of ether oxygens (including phenoxy) is 1. The van der Waals surface area contributed by atoms with Gasteiger partial charge in [-0.25, -0.2) is 0 Å². The molecule has 1 aliphatic rings. The number of aromatic nitrogens is 2. The lowest BCUT2D eigenvalue weighted by Crippen LogP contribution is -2.29. The molecule has 0 spiro atoms. The first kappa shape index (κ1) is 13.8. The van der Waals surface area contributed by atoms with E-state index in [0.717, 1.165) is 44.0 Å². The van der Waals surface area contributed by atoms with Crippen LogP contribution in [0.3, 0.4) is 0 Å². The molecule has 2 rings (SSSR count). The number of halogens is 1. The second-order valence-electron chi connectivity index (χ2n) is 4.88. The van der Waals surface area contributed by atoms with Gasteiger partial charge in [0, 0.05) is 26.2 Å². The Balaban J connectivity index is 2.08. The van der Waals surface area contributed by atoms with Gasteiger partial charge in [0.25, 0.3) is 0 Å². The van der Waals surface area contributed by atoms with Crippen LogP contribution in [0.2, 0.25) is 5.02 Å². The highest BCUT2D eigenvalue weighted by atomic mass is 35.5. The Hall–Kier alpha value is -0.580. The van der Waals surface area contributed by atoms with Crippen LogP contribution in [-0.2, 0) is 17.7 Å². The van der Waals surface area contributed by atoms with E-state index in [1.54, 1.807) is 0 Å². The van der Waals surface area contributed by atoms with E-state index >= 15 is 0 Å². The van der Waals surface area contributed by atoms with Gasteiger partial charge in [-0.3, -0.25) is 4.68 Å². The molecular formula is C13H21ClN2O2. The van der Waals surface area contributed by atoms with Crippen LogP contribution in [0.15, 0.2) is 0 Å². The van der Waals surface area contributed by atoms with E-state index < -0.39 is 0 Å². The minimum absolute atomic E-state index is 0.315. The summed E-state index contributed by atoms with van der Waals surface area (Å²) < 4.78 is 7.21. The number of nitrogens with zero attached hydrogens (tertiary/aromatic N) is 2. The van der Waals surface area contributed by atoms with Gasteiger partial charge in [0.1, 0.15) is 0 Å². The third-order valence-corrected chi connectivity index (χ3v) is 4.16. The summed E-state index contributed by atoms with van der Waals surface area (Å²) >= 11 is 6.26. The third-order valence-electron chi connectivity index (χ3n) is 3.67. The summed E-state index contributed by atoms with van der Waals surface area (Å²) in [5.41, 5.74) is 1.79. The quantitative estimate of drug-likeness (QED) is 0.914. The molecular weight excluding hydrogens is 252 g/mol. The highest BCUT2D eigenvalue weighted by Crippen LogP contribution is 2.26. The maximum atomic E-state index is 10.3. The molecule has 0 radical (unpaired) electrons. The zero-order valence-electron chi connectivity index (χ0n) is 11.0. The summed E-state index contributed by atoms with van der Waals surface area (Å²) in [5, 5.41) is 15.4. The second kappa shape index (κ2) is 6.04. The molecule has 1 aromatic rings. The second-order valence-corrected chi connectivity index (χ2v) is 5.26. The molecule has 5 heteroatoms. The number of hydrogen-bond acceptors (Lipinski definition) is 3. The molecule has 0 aromatic carbocycles. The Morgan fingerprint density at radius 1 is 1.50 bits per heavy atom. The van der Waals surface area contributed by atoms with Crippen molar-refractivity contribution in [2.75, 3.05) is 13.2 Å². The molecule has 0 aliphatic carbocycles. The Kier molecular flexibility index (Phi) is 4.65. The smallest absolute Gasteiger partial charge is 0.0848 e. The van der Waals surface area contributed by atoms with Crippen LogP contribution in [0.1, 0.15) is 31.2 Å². The van der Waals surface area contributed by atoms with Crippen molar-refractivity contribution in [3.63, 3.8) is 0 Å². The van der Waals surface area contributed by atoms with Gasteiger partial charge in [0.2, 0.25) is 0 Å². The Morgan fingerprint density at radius 2 is 2.17 bits per heavy atom. The van der Waals surface area contributed by atoms with Gasteiger partial charge in [0.15, 0.2) is 0 Å². The molecule has 102 valence electrons. The first-order chi connectivity index (χ1) is 8.63. The zero-order chi connectivity index (χ0) is 13.1. The maximum absolute atomic E-state index is 10.3. The zero-order valence-corrected chi connectivity index (χ0v) is 11.8. The first-order valence-electron chi connectivity index (χ1n) is 6.61. The number of aliphatic hydroxyl groups excluding tert-OH is 1. The SMILES string of the molecule is CCn1nc(C)c(Cl)c1CC(O)C1CCOCC1. The van der Waals surface area contributed by atoms with Gasteiger partial charge in [-0.2, -0.15) is 5.10 Å². The summed E-state index contributed by atoms with van der Waals surface area (Å²) in [6, 6.07) is 0. The van der Waals surface area contributed by atoms with Crippen molar-refractivity contribution in [1.29, 1.82) is 0 Å². The van der Waals surface area contributed by atoms with Crippen molar-refractivity contribution in [1.82, 2.24) is 9.78 Å². The van der Waals surface area contributed by atoms with Crippen molar-refractivity contribution in [3.8, 4) is 0 Å². The summed E-state index contributed by atoms with van der Waals surface area (Å²) in [6.07, 6.45) is 2.08. The summed E-state index contributed by atoms with van der Waals surface area (Å²) in [6.45, 7) is 6.22. The van der Waals surface area contributed by atoms with Crippen molar-refractivity contribution in [2.24, 2.45) is 5.92 Å². The fourth-order valence-electron chi connectivity index (χ4n) is 2.53. The van der Waals surface area contributed by atoms with Crippen molar-refractivity contribution >= 4 is 11.6 Å². The summed E-state index contributed by atoms with van der Waals surface area (Å²) in [5.74, 6) is 0.315. The third kappa shape index (κ3) is 2.87. The number of aryl methyl sites for hydroxylation is 2. The van der Waals surface area contributed by atoms with Gasteiger partial charge in [-0.15, -0.1) is 0 Å². The molecule has 1 N–H and O–H groups in total. The van der Waals surface area contributed by atoms with Gasteiger partial charge < -0.3 is 9.84 Å². The van der Waals surface area contributed by atoms with E-state index in [-0.39, 0.29) is 6.10 Å². The van der Waals surface area contributed by atoms with Crippen molar-refractivity contribution < 1.29 is 9.84 Å². The molecule has 1 aliphatic heterocycles. The molecule has 1 aromatic heterocycles. The Bertz CT molecular complexity index is 400. The minimum atomic E-state index is -0.354. The number of hydrogen-bond donors (Lipinski definition) is 1. The van der Waals surface area contributed by atoms with Crippen LogP contribution >= 0.6 is 11.6 Å². The molecule has 4 nitrogen and oxygen atoms in total. The predicted molar refractivity (Wildman–Crippen MR) is 70.9 cm³/mol. The molecule has 0 bridgehead atoms. The van der Waals surface area contributed by atoms with Gasteiger partial charge in [-0.05, 0) is 32.6 Å². The largest absolute Gasteiger partial charge is 0.392 e. The highest BCUT2D eigenvalue weighted by molar-refractivity contribution is 6.31. The molecule has 18 heavy (non-hydrogen) atoms.